The van der Waals surface area contributed by atoms with Crippen LogP contribution in [0.1, 0.15) is 22.3 Å². The summed E-state index contributed by atoms with van der Waals surface area (Å²) in [5.41, 5.74) is 16.2. The SMILES string of the molecule is c1ccc(-c2cc(-c3ccccc3)nc(-c3ccc(-c4ccc5c(c4)C(c4ccccc4)(c4ccccc4)c4cc(-c6ccccn6)ccc4-5)cc3)n2)cc1. The van der Waals surface area contributed by atoms with Gasteiger partial charge in [-0.2, -0.15) is 0 Å². The molecule has 3 nitrogen and oxygen atoms in total. The number of hydrogen-bond donors (Lipinski definition) is 0. The zero-order valence-electron chi connectivity index (χ0n) is 30.0. The van der Waals surface area contributed by atoms with Crippen LogP contribution in [-0.2, 0) is 5.41 Å². The van der Waals surface area contributed by atoms with E-state index in [0.29, 0.717) is 5.82 Å². The summed E-state index contributed by atoms with van der Waals surface area (Å²) in [6, 6.07) is 73.3. The first-order chi connectivity index (χ1) is 27.3. The molecule has 0 bridgehead atoms. The molecular formula is C52H35N3. The second kappa shape index (κ2) is 13.6. The van der Waals surface area contributed by atoms with Gasteiger partial charge >= 0.3 is 0 Å². The number of pyridine rings is 1. The van der Waals surface area contributed by atoms with Crippen molar-refractivity contribution in [2.24, 2.45) is 0 Å². The summed E-state index contributed by atoms with van der Waals surface area (Å²) in [5, 5.41) is 0. The Kier molecular flexibility index (Phi) is 8.04. The van der Waals surface area contributed by atoms with E-state index in [1.807, 2.05) is 48.7 Å². The van der Waals surface area contributed by atoms with E-state index in [-0.39, 0.29) is 0 Å². The van der Waals surface area contributed by atoms with Gasteiger partial charge in [0, 0.05) is 28.5 Å². The summed E-state index contributed by atoms with van der Waals surface area (Å²) >= 11 is 0. The van der Waals surface area contributed by atoms with Gasteiger partial charge in [-0.3, -0.25) is 4.98 Å². The maximum Gasteiger partial charge on any atom is 0.160 e. The lowest BCUT2D eigenvalue weighted by Gasteiger charge is -2.34. The van der Waals surface area contributed by atoms with Crippen LogP contribution in [0, 0.1) is 0 Å². The van der Waals surface area contributed by atoms with Crippen molar-refractivity contribution in [3.63, 3.8) is 0 Å². The molecule has 3 heteroatoms. The van der Waals surface area contributed by atoms with Crippen LogP contribution in [0.5, 0.6) is 0 Å². The Morgan fingerprint density at radius 3 is 1.29 bits per heavy atom. The van der Waals surface area contributed by atoms with Gasteiger partial charge in [0.2, 0.25) is 0 Å². The fraction of sp³-hybridized carbons (Fsp3) is 0.0192. The van der Waals surface area contributed by atoms with Gasteiger partial charge in [0.05, 0.1) is 22.5 Å². The second-order valence-corrected chi connectivity index (χ2v) is 14.0. The highest BCUT2D eigenvalue weighted by Gasteiger charge is 2.46. The summed E-state index contributed by atoms with van der Waals surface area (Å²) in [6.45, 7) is 0. The van der Waals surface area contributed by atoms with E-state index >= 15 is 0 Å². The molecule has 10 rings (SSSR count). The van der Waals surface area contributed by atoms with Crippen LogP contribution in [0.3, 0.4) is 0 Å². The predicted molar refractivity (Wildman–Crippen MR) is 224 cm³/mol. The topological polar surface area (TPSA) is 38.7 Å². The van der Waals surface area contributed by atoms with Crippen LogP contribution in [0.25, 0.3) is 67.4 Å². The van der Waals surface area contributed by atoms with Crippen molar-refractivity contribution in [1.82, 2.24) is 15.0 Å². The first kappa shape index (κ1) is 32.4. The molecule has 0 saturated carbocycles. The van der Waals surface area contributed by atoms with Gasteiger partial charge in [-0.05, 0) is 74.8 Å². The van der Waals surface area contributed by atoms with Gasteiger partial charge in [-0.15, -0.1) is 0 Å². The molecule has 9 aromatic rings. The smallest absolute Gasteiger partial charge is 0.160 e. The minimum Gasteiger partial charge on any atom is -0.256 e. The summed E-state index contributed by atoms with van der Waals surface area (Å²) < 4.78 is 0. The van der Waals surface area contributed by atoms with E-state index in [1.165, 1.54) is 33.4 Å². The fourth-order valence-corrected chi connectivity index (χ4v) is 8.26. The quantitative estimate of drug-likeness (QED) is 0.166. The van der Waals surface area contributed by atoms with Crippen LogP contribution in [-0.4, -0.2) is 15.0 Å². The van der Waals surface area contributed by atoms with E-state index in [0.717, 1.165) is 50.5 Å². The molecule has 55 heavy (non-hydrogen) atoms. The summed E-state index contributed by atoms with van der Waals surface area (Å²) in [7, 11) is 0. The Labute approximate surface area is 321 Å². The lowest BCUT2D eigenvalue weighted by atomic mass is 9.67. The van der Waals surface area contributed by atoms with Crippen LogP contribution in [0.4, 0.5) is 0 Å². The second-order valence-electron chi connectivity index (χ2n) is 14.0. The van der Waals surface area contributed by atoms with Gasteiger partial charge in [-0.1, -0.05) is 176 Å². The molecule has 1 aliphatic rings. The van der Waals surface area contributed by atoms with Crippen molar-refractivity contribution in [2.45, 2.75) is 5.41 Å². The van der Waals surface area contributed by atoms with Crippen molar-refractivity contribution in [1.29, 1.82) is 0 Å². The Morgan fingerprint density at radius 2 is 0.764 bits per heavy atom. The van der Waals surface area contributed by atoms with Gasteiger partial charge in [-0.25, -0.2) is 9.97 Å². The van der Waals surface area contributed by atoms with Crippen molar-refractivity contribution in [2.75, 3.05) is 0 Å². The molecule has 0 atom stereocenters. The van der Waals surface area contributed by atoms with Crippen LogP contribution in [0.15, 0.2) is 212 Å². The molecule has 0 aliphatic heterocycles. The molecule has 0 N–H and O–H groups in total. The largest absolute Gasteiger partial charge is 0.256 e. The highest BCUT2D eigenvalue weighted by atomic mass is 14.9. The molecule has 258 valence electrons. The minimum atomic E-state index is -0.534. The molecule has 0 unspecified atom stereocenters. The summed E-state index contributed by atoms with van der Waals surface area (Å²) in [6.07, 6.45) is 1.87. The number of benzene rings is 7. The van der Waals surface area contributed by atoms with Gasteiger partial charge < -0.3 is 0 Å². The van der Waals surface area contributed by atoms with Gasteiger partial charge in [0.1, 0.15) is 0 Å². The lowest BCUT2D eigenvalue weighted by molar-refractivity contribution is 0.769. The van der Waals surface area contributed by atoms with E-state index < -0.39 is 5.41 Å². The van der Waals surface area contributed by atoms with E-state index in [9.17, 15) is 0 Å². The molecule has 1 aliphatic carbocycles. The molecule has 7 aromatic carbocycles. The Balaban J connectivity index is 1.11. The van der Waals surface area contributed by atoms with Crippen molar-refractivity contribution in [3.8, 4) is 67.4 Å². The van der Waals surface area contributed by atoms with Crippen molar-refractivity contribution < 1.29 is 0 Å². The molecule has 0 spiro atoms. The van der Waals surface area contributed by atoms with E-state index in [1.54, 1.807) is 0 Å². The zero-order chi connectivity index (χ0) is 36.6. The predicted octanol–water partition coefficient (Wildman–Crippen LogP) is 12.6. The van der Waals surface area contributed by atoms with Crippen LogP contribution >= 0.6 is 0 Å². The standard InChI is InChI=1S/C52H35N3/c1-5-15-37(16-6-1)49-35-50(38-17-7-2-8-18-38)55-51(54-49)39-26-24-36(25-27-39)40-28-30-44-45-31-29-41(48-23-13-14-32-53-48)34-47(45)52(46(44)33-40,42-19-9-3-10-20-42)43-21-11-4-12-22-43/h1-35H. The molecule has 2 heterocycles. The Hall–Kier alpha value is -7.23. The van der Waals surface area contributed by atoms with Crippen LogP contribution < -0.4 is 0 Å². The highest BCUT2D eigenvalue weighted by molar-refractivity contribution is 5.90. The third-order valence-electron chi connectivity index (χ3n) is 10.9. The van der Waals surface area contributed by atoms with Crippen molar-refractivity contribution in [3.05, 3.63) is 235 Å². The summed E-state index contributed by atoms with van der Waals surface area (Å²) in [4.78, 5) is 14.9. The average Bonchev–Trinajstić information content (AvgIpc) is 3.57. The number of hydrogen-bond acceptors (Lipinski definition) is 3. The first-order valence-corrected chi connectivity index (χ1v) is 18.7. The molecule has 0 fully saturated rings. The average molecular weight is 702 g/mol. The maximum absolute atomic E-state index is 5.07. The van der Waals surface area contributed by atoms with Crippen LogP contribution in [0.2, 0.25) is 0 Å². The highest BCUT2D eigenvalue weighted by Crippen LogP contribution is 2.57. The first-order valence-electron chi connectivity index (χ1n) is 18.7. The zero-order valence-corrected chi connectivity index (χ0v) is 30.0. The van der Waals surface area contributed by atoms with E-state index in [4.69, 9.17) is 15.0 Å². The van der Waals surface area contributed by atoms with E-state index in [2.05, 4.69) is 164 Å². The lowest BCUT2D eigenvalue weighted by Crippen LogP contribution is -2.28. The van der Waals surface area contributed by atoms with Gasteiger partial charge in [0.25, 0.3) is 0 Å². The molecule has 0 amide bonds. The number of nitrogens with zero attached hydrogens (tertiary/aromatic N) is 3. The number of aromatic nitrogens is 3. The third-order valence-corrected chi connectivity index (χ3v) is 10.9. The van der Waals surface area contributed by atoms with Crippen molar-refractivity contribution >= 4 is 0 Å². The fourth-order valence-electron chi connectivity index (χ4n) is 8.26. The Bertz CT molecular complexity index is 2670. The Morgan fingerprint density at radius 1 is 0.309 bits per heavy atom. The third kappa shape index (κ3) is 5.65. The van der Waals surface area contributed by atoms with Gasteiger partial charge in [0.15, 0.2) is 5.82 Å². The number of fused-ring (bicyclic) bond motifs is 3. The monoisotopic (exact) mass is 701 g/mol. The molecule has 2 aromatic heterocycles. The molecular weight excluding hydrogens is 667 g/mol. The minimum absolute atomic E-state index is 0.534. The number of rotatable bonds is 7. The maximum atomic E-state index is 5.07. The normalized spacial score (nSPS) is 12.5. The molecule has 0 radical (unpaired) electrons. The molecule has 0 saturated heterocycles. The summed E-state index contributed by atoms with van der Waals surface area (Å²) in [5.74, 6) is 0.701.